The summed E-state index contributed by atoms with van der Waals surface area (Å²) >= 11 is 1.65. The number of halogens is 1. The molecule has 0 fully saturated rings. The Morgan fingerprint density at radius 1 is 1.86 bits per heavy atom. The van der Waals surface area contributed by atoms with E-state index in [-0.39, 0.29) is 0 Å². The first-order valence-electron chi connectivity index (χ1n) is 2.23. The highest BCUT2D eigenvalue weighted by Crippen LogP contribution is 2.01. The molecule has 0 saturated carbocycles. The van der Waals surface area contributed by atoms with E-state index in [9.17, 15) is 4.39 Å². The topological polar surface area (TPSA) is 0 Å². The third-order valence-electron chi connectivity index (χ3n) is 0.635. The maximum Gasteiger partial charge on any atom is 0.101 e. The highest BCUT2D eigenvalue weighted by Gasteiger charge is 1.93. The molecule has 1 radical (unpaired) electrons. The summed E-state index contributed by atoms with van der Waals surface area (Å²) in [5.74, 6) is 0.880. The van der Waals surface area contributed by atoms with Crippen molar-refractivity contribution in [3.8, 4) is 0 Å². The smallest absolute Gasteiger partial charge is 0.101 e. The molecule has 0 N–H and O–H groups in total. The lowest BCUT2D eigenvalue weighted by molar-refractivity contribution is 0.390. The summed E-state index contributed by atoms with van der Waals surface area (Å²) in [6, 6.07) is 0. The molecule has 0 spiro atoms. The van der Waals surface area contributed by atoms with Crippen LogP contribution in [0.5, 0.6) is 0 Å². The van der Waals surface area contributed by atoms with Gasteiger partial charge >= 0.3 is 0 Å². The van der Waals surface area contributed by atoms with Crippen LogP contribution in [0, 0.1) is 6.92 Å². The van der Waals surface area contributed by atoms with E-state index in [1.165, 1.54) is 0 Å². The van der Waals surface area contributed by atoms with Crippen LogP contribution in [0.25, 0.3) is 0 Å². The maximum absolute atomic E-state index is 11.8. The van der Waals surface area contributed by atoms with Crippen LogP contribution in [-0.2, 0) is 0 Å². The second kappa shape index (κ2) is 4.44. The molecule has 0 aliphatic rings. The molecule has 43 valence electrons. The SMILES string of the molecule is [CH2]C(F)CCSC. The van der Waals surface area contributed by atoms with Gasteiger partial charge in [-0.25, -0.2) is 4.39 Å². The van der Waals surface area contributed by atoms with E-state index in [2.05, 4.69) is 6.92 Å². The van der Waals surface area contributed by atoms with E-state index in [0.29, 0.717) is 6.42 Å². The van der Waals surface area contributed by atoms with Crippen LogP contribution in [0.4, 0.5) is 4.39 Å². The van der Waals surface area contributed by atoms with Gasteiger partial charge in [-0.3, -0.25) is 0 Å². The molecular formula is C5H10FS. The van der Waals surface area contributed by atoms with Crippen LogP contribution in [0.3, 0.4) is 0 Å². The summed E-state index contributed by atoms with van der Waals surface area (Å²) in [6.07, 6.45) is 1.68. The van der Waals surface area contributed by atoms with Crippen LogP contribution < -0.4 is 0 Å². The van der Waals surface area contributed by atoms with Gasteiger partial charge in [0, 0.05) is 0 Å². The van der Waals surface area contributed by atoms with Crippen LogP contribution >= 0.6 is 11.8 Å². The van der Waals surface area contributed by atoms with Gasteiger partial charge in [0.2, 0.25) is 0 Å². The Kier molecular flexibility index (Phi) is 4.62. The van der Waals surface area contributed by atoms with Gasteiger partial charge in [0.1, 0.15) is 6.17 Å². The Bertz CT molecular complexity index is 37.1. The molecule has 0 bridgehead atoms. The first-order valence-corrected chi connectivity index (χ1v) is 3.63. The number of hydrogen-bond donors (Lipinski definition) is 0. The average Bonchev–Trinajstić information content (AvgIpc) is 1.61. The lowest BCUT2D eigenvalue weighted by atomic mass is 10.3. The Morgan fingerprint density at radius 3 is 2.57 bits per heavy atom. The second-order valence-electron chi connectivity index (χ2n) is 1.38. The zero-order chi connectivity index (χ0) is 5.70. The Morgan fingerprint density at radius 2 is 2.43 bits per heavy atom. The summed E-state index contributed by atoms with van der Waals surface area (Å²) in [4.78, 5) is 0. The van der Waals surface area contributed by atoms with E-state index >= 15 is 0 Å². The zero-order valence-corrected chi connectivity index (χ0v) is 5.30. The van der Waals surface area contributed by atoms with Gasteiger partial charge in [-0.15, -0.1) is 0 Å². The van der Waals surface area contributed by atoms with Crippen LogP contribution in [-0.4, -0.2) is 18.2 Å². The fourth-order valence-corrected chi connectivity index (χ4v) is 0.737. The number of hydrogen-bond acceptors (Lipinski definition) is 1. The summed E-state index contributed by atoms with van der Waals surface area (Å²) < 4.78 is 11.8. The first kappa shape index (κ1) is 7.28. The monoisotopic (exact) mass is 121 g/mol. The second-order valence-corrected chi connectivity index (χ2v) is 2.36. The van der Waals surface area contributed by atoms with Crippen molar-refractivity contribution in [2.24, 2.45) is 0 Å². The largest absolute Gasteiger partial charge is 0.247 e. The minimum Gasteiger partial charge on any atom is -0.247 e. The van der Waals surface area contributed by atoms with Crippen molar-refractivity contribution in [1.82, 2.24) is 0 Å². The fourth-order valence-electron chi connectivity index (χ4n) is 0.246. The van der Waals surface area contributed by atoms with Crippen molar-refractivity contribution < 1.29 is 4.39 Å². The van der Waals surface area contributed by atoms with E-state index in [4.69, 9.17) is 0 Å². The molecular weight excluding hydrogens is 111 g/mol. The minimum atomic E-state index is -0.868. The molecule has 0 aromatic carbocycles. The molecule has 0 aromatic rings. The zero-order valence-electron chi connectivity index (χ0n) is 4.48. The van der Waals surface area contributed by atoms with Gasteiger partial charge in [-0.05, 0) is 25.4 Å². The maximum atomic E-state index is 11.8. The van der Waals surface area contributed by atoms with Crippen molar-refractivity contribution >= 4 is 11.8 Å². The normalized spacial score (nSPS) is 14.1. The van der Waals surface area contributed by atoms with Gasteiger partial charge in [-0.2, -0.15) is 11.8 Å². The summed E-state index contributed by atoms with van der Waals surface area (Å²) in [5.41, 5.74) is 0. The lowest BCUT2D eigenvalue weighted by Gasteiger charge is -1.95. The van der Waals surface area contributed by atoms with E-state index in [1.807, 2.05) is 6.26 Å². The Hall–Kier alpha value is 0.280. The van der Waals surface area contributed by atoms with E-state index in [0.717, 1.165) is 5.75 Å². The molecule has 0 nitrogen and oxygen atoms in total. The predicted molar refractivity (Wildman–Crippen MR) is 33.3 cm³/mol. The Balaban J connectivity index is 2.68. The van der Waals surface area contributed by atoms with Gasteiger partial charge < -0.3 is 0 Å². The number of thioether (sulfide) groups is 1. The first-order chi connectivity index (χ1) is 3.27. The predicted octanol–water partition coefficient (Wildman–Crippen LogP) is 1.91. The van der Waals surface area contributed by atoms with Crippen molar-refractivity contribution in [2.45, 2.75) is 12.6 Å². The van der Waals surface area contributed by atoms with Crippen molar-refractivity contribution in [1.29, 1.82) is 0 Å². The van der Waals surface area contributed by atoms with Crippen molar-refractivity contribution in [2.75, 3.05) is 12.0 Å². The Labute approximate surface area is 48.5 Å². The molecule has 0 aliphatic carbocycles. The van der Waals surface area contributed by atoms with Crippen LogP contribution in [0.15, 0.2) is 0 Å². The molecule has 0 aliphatic heterocycles. The highest BCUT2D eigenvalue weighted by molar-refractivity contribution is 7.98. The molecule has 1 unspecified atom stereocenters. The molecule has 0 amide bonds. The average molecular weight is 121 g/mol. The molecule has 1 atom stereocenters. The highest BCUT2D eigenvalue weighted by atomic mass is 32.2. The third kappa shape index (κ3) is 6.28. The number of rotatable bonds is 3. The summed E-state index contributed by atoms with van der Waals surface area (Å²) in [7, 11) is 0. The standard InChI is InChI=1S/C5H10FS/c1-5(6)3-4-7-2/h5H,1,3-4H2,2H3. The molecule has 7 heavy (non-hydrogen) atoms. The van der Waals surface area contributed by atoms with E-state index < -0.39 is 6.17 Å². The van der Waals surface area contributed by atoms with Crippen LogP contribution in [0.2, 0.25) is 0 Å². The lowest BCUT2D eigenvalue weighted by Crippen LogP contribution is -1.93. The fraction of sp³-hybridized carbons (Fsp3) is 0.800. The summed E-state index contributed by atoms with van der Waals surface area (Å²) in [6.45, 7) is 3.20. The quantitative estimate of drug-likeness (QED) is 0.549. The van der Waals surface area contributed by atoms with Gasteiger partial charge in [0.15, 0.2) is 0 Å². The van der Waals surface area contributed by atoms with Gasteiger partial charge in [0.25, 0.3) is 0 Å². The van der Waals surface area contributed by atoms with E-state index in [1.54, 1.807) is 11.8 Å². The van der Waals surface area contributed by atoms with Crippen molar-refractivity contribution in [3.05, 3.63) is 6.92 Å². The molecule has 0 heterocycles. The molecule has 0 saturated heterocycles. The minimum absolute atomic E-state index is 0.584. The molecule has 0 aromatic heterocycles. The number of alkyl halides is 1. The van der Waals surface area contributed by atoms with Gasteiger partial charge in [-0.1, -0.05) is 0 Å². The molecule has 2 heteroatoms. The summed E-state index contributed by atoms with van der Waals surface area (Å²) in [5, 5.41) is 0. The van der Waals surface area contributed by atoms with Gasteiger partial charge in [0.05, 0.1) is 0 Å². The molecule has 0 rings (SSSR count). The third-order valence-corrected chi connectivity index (χ3v) is 1.28. The van der Waals surface area contributed by atoms with Crippen LogP contribution in [0.1, 0.15) is 6.42 Å². The van der Waals surface area contributed by atoms with Crippen molar-refractivity contribution in [3.63, 3.8) is 0 Å².